The minimum atomic E-state index is 0.520. The lowest BCUT2D eigenvalue weighted by molar-refractivity contribution is 0.164. The Kier molecular flexibility index (Phi) is 4.45. The van der Waals surface area contributed by atoms with E-state index in [4.69, 9.17) is 4.74 Å². The summed E-state index contributed by atoms with van der Waals surface area (Å²) in [4.78, 5) is 2.48. The predicted molar refractivity (Wildman–Crippen MR) is 87.5 cm³/mol. The summed E-state index contributed by atoms with van der Waals surface area (Å²) in [5.74, 6) is 0.842. The fraction of sp³-hybridized carbons (Fsp3) is 0.471. The van der Waals surface area contributed by atoms with Gasteiger partial charge in [-0.1, -0.05) is 12.1 Å². The summed E-state index contributed by atoms with van der Waals surface area (Å²) in [6.45, 7) is 7.48. The first-order valence-electron chi connectivity index (χ1n) is 7.82. The van der Waals surface area contributed by atoms with Crippen LogP contribution in [0.15, 0.2) is 36.5 Å². The monoisotopic (exact) mass is 300 g/mol. The van der Waals surface area contributed by atoms with Crippen LogP contribution in [0.3, 0.4) is 0 Å². The van der Waals surface area contributed by atoms with Crippen LogP contribution >= 0.6 is 0 Å². The number of benzene rings is 1. The number of rotatable bonds is 4. The maximum atomic E-state index is 5.46. The second-order valence-electron chi connectivity index (χ2n) is 6.07. The summed E-state index contributed by atoms with van der Waals surface area (Å²) in [5, 5.41) is 8.06. The van der Waals surface area contributed by atoms with Crippen molar-refractivity contribution in [3.05, 3.63) is 42.2 Å². The molecular weight excluding hydrogens is 276 g/mol. The maximum Gasteiger partial charge on any atom is 0.144 e. The Morgan fingerprint density at radius 1 is 1.18 bits per heavy atom. The molecule has 1 aromatic heterocycles. The van der Waals surface area contributed by atoms with Crippen molar-refractivity contribution >= 4 is 0 Å². The molecule has 1 aromatic carbocycles. The van der Waals surface area contributed by atoms with Crippen LogP contribution in [-0.2, 0) is 6.54 Å². The average molecular weight is 300 g/mol. The van der Waals surface area contributed by atoms with E-state index < -0.39 is 0 Å². The van der Waals surface area contributed by atoms with E-state index in [1.54, 1.807) is 7.11 Å². The zero-order valence-corrected chi connectivity index (χ0v) is 13.5. The first kappa shape index (κ1) is 15.1. The molecule has 2 unspecified atom stereocenters. The highest BCUT2D eigenvalue weighted by Gasteiger charge is 2.22. The summed E-state index contributed by atoms with van der Waals surface area (Å²) in [6, 6.07) is 11.1. The maximum absolute atomic E-state index is 5.46. The Balaban J connectivity index is 1.83. The van der Waals surface area contributed by atoms with E-state index >= 15 is 0 Å². The zero-order chi connectivity index (χ0) is 15.5. The van der Waals surface area contributed by atoms with E-state index in [0.29, 0.717) is 12.1 Å². The Morgan fingerprint density at radius 3 is 2.64 bits per heavy atom. The molecule has 2 heterocycles. The molecule has 118 valence electrons. The second-order valence-corrected chi connectivity index (χ2v) is 6.07. The molecule has 2 aromatic rings. The van der Waals surface area contributed by atoms with E-state index in [2.05, 4.69) is 35.2 Å². The number of hydrogen-bond donors (Lipinski definition) is 1. The molecule has 0 aliphatic carbocycles. The summed E-state index contributed by atoms with van der Waals surface area (Å²) in [6.07, 6.45) is 1.86. The van der Waals surface area contributed by atoms with Gasteiger partial charge in [0.15, 0.2) is 0 Å². The van der Waals surface area contributed by atoms with Gasteiger partial charge in [0.1, 0.15) is 11.4 Å². The third-order valence-electron chi connectivity index (χ3n) is 4.05. The van der Waals surface area contributed by atoms with Gasteiger partial charge in [0.25, 0.3) is 0 Å². The third-order valence-corrected chi connectivity index (χ3v) is 4.05. The Bertz CT molecular complexity index is 615. The number of nitrogens with zero attached hydrogens (tertiary/aromatic N) is 3. The Labute approximate surface area is 131 Å². The van der Waals surface area contributed by atoms with Crippen molar-refractivity contribution < 1.29 is 4.74 Å². The highest BCUT2D eigenvalue weighted by molar-refractivity contribution is 5.46. The minimum Gasteiger partial charge on any atom is -0.494 e. The van der Waals surface area contributed by atoms with Gasteiger partial charge < -0.3 is 10.1 Å². The van der Waals surface area contributed by atoms with Crippen LogP contribution in [-0.4, -0.2) is 47.0 Å². The van der Waals surface area contributed by atoms with Crippen molar-refractivity contribution in [3.63, 3.8) is 0 Å². The van der Waals surface area contributed by atoms with Crippen LogP contribution in [0.25, 0.3) is 5.69 Å². The van der Waals surface area contributed by atoms with Crippen molar-refractivity contribution in [2.24, 2.45) is 0 Å². The summed E-state index contributed by atoms with van der Waals surface area (Å²) < 4.78 is 7.45. The molecule has 0 amide bonds. The zero-order valence-electron chi connectivity index (χ0n) is 13.5. The minimum absolute atomic E-state index is 0.520. The molecule has 1 aliphatic rings. The lowest BCUT2D eigenvalue weighted by atomic mass is 10.1. The van der Waals surface area contributed by atoms with E-state index in [0.717, 1.165) is 31.1 Å². The van der Waals surface area contributed by atoms with Gasteiger partial charge in [-0.15, -0.1) is 0 Å². The molecule has 0 spiro atoms. The van der Waals surface area contributed by atoms with Gasteiger partial charge in [-0.3, -0.25) is 4.90 Å². The van der Waals surface area contributed by atoms with Crippen LogP contribution in [0.1, 0.15) is 19.5 Å². The molecule has 1 fully saturated rings. The number of piperazine rings is 1. The van der Waals surface area contributed by atoms with Crippen molar-refractivity contribution in [2.75, 3.05) is 20.2 Å². The van der Waals surface area contributed by atoms with Crippen LogP contribution < -0.4 is 10.1 Å². The predicted octanol–water partition coefficient (Wildman–Crippen LogP) is 2.06. The number of nitrogens with one attached hydrogen (secondary N) is 1. The number of ether oxygens (including phenoxy) is 1. The molecule has 1 aliphatic heterocycles. The lowest BCUT2D eigenvalue weighted by Crippen LogP contribution is -2.53. The van der Waals surface area contributed by atoms with Gasteiger partial charge in [-0.25, -0.2) is 4.68 Å². The molecule has 0 radical (unpaired) electrons. The van der Waals surface area contributed by atoms with E-state index in [1.165, 1.54) is 5.69 Å². The van der Waals surface area contributed by atoms with Gasteiger partial charge >= 0.3 is 0 Å². The fourth-order valence-electron chi connectivity index (χ4n) is 3.27. The molecule has 0 bridgehead atoms. The average Bonchev–Trinajstić information content (AvgIpc) is 2.94. The molecule has 3 rings (SSSR count). The molecule has 22 heavy (non-hydrogen) atoms. The number of hydrogen-bond acceptors (Lipinski definition) is 4. The van der Waals surface area contributed by atoms with E-state index in [-0.39, 0.29) is 0 Å². The Morgan fingerprint density at radius 2 is 1.91 bits per heavy atom. The number of methoxy groups -OCH3 is 1. The standard InChI is InChI=1S/C17H24N4O/c1-13-10-20(11-14(2)19-13)12-15-8-9-18-21(15)16-6-4-5-7-17(16)22-3/h4-9,13-14,19H,10-12H2,1-3H3. The van der Waals surface area contributed by atoms with Gasteiger partial charge in [0.05, 0.1) is 12.8 Å². The van der Waals surface area contributed by atoms with Crippen molar-refractivity contribution in [2.45, 2.75) is 32.5 Å². The van der Waals surface area contributed by atoms with Crippen LogP contribution in [0.5, 0.6) is 5.75 Å². The normalized spacial score (nSPS) is 22.7. The van der Waals surface area contributed by atoms with Crippen molar-refractivity contribution in [3.8, 4) is 11.4 Å². The van der Waals surface area contributed by atoms with Gasteiger partial charge in [0, 0.05) is 37.9 Å². The van der Waals surface area contributed by atoms with Gasteiger partial charge in [-0.05, 0) is 32.0 Å². The molecule has 5 heteroatoms. The largest absolute Gasteiger partial charge is 0.494 e. The van der Waals surface area contributed by atoms with Crippen molar-refractivity contribution in [1.29, 1.82) is 0 Å². The highest BCUT2D eigenvalue weighted by Crippen LogP contribution is 2.23. The van der Waals surface area contributed by atoms with E-state index in [1.807, 2.05) is 35.1 Å². The van der Waals surface area contributed by atoms with Crippen LogP contribution in [0.4, 0.5) is 0 Å². The summed E-state index contributed by atoms with van der Waals surface area (Å²) in [5.41, 5.74) is 2.17. The van der Waals surface area contributed by atoms with Crippen LogP contribution in [0.2, 0.25) is 0 Å². The lowest BCUT2D eigenvalue weighted by Gasteiger charge is -2.36. The second kappa shape index (κ2) is 6.50. The molecule has 2 atom stereocenters. The number of para-hydroxylation sites is 2. The highest BCUT2D eigenvalue weighted by atomic mass is 16.5. The van der Waals surface area contributed by atoms with Crippen LogP contribution in [0, 0.1) is 0 Å². The quantitative estimate of drug-likeness (QED) is 0.938. The fourth-order valence-corrected chi connectivity index (χ4v) is 3.27. The summed E-state index contributed by atoms with van der Waals surface area (Å²) in [7, 11) is 1.70. The smallest absolute Gasteiger partial charge is 0.144 e. The third kappa shape index (κ3) is 3.15. The Hall–Kier alpha value is -1.85. The molecule has 0 saturated carbocycles. The molecule has 5 nitrogen and oxygen atoms in total. The SMILES string of the molecule is COc1ccccc1-n1nccc1CN1CC(C)NC(C)C1. The van der Waals surface area contributed by atoms with Gasteiger partial charge in [0.2, 0.25) is 0 Å². The molecular formula is C17H24N4O. The van der Waals surface area contributed by atoms with Crippen molar-refractivity contribution in [1.82, 2.24) is 20.0 Å². The van der Waals surface area contributed by atoms with Gasteiger partial charge in [-0.2, -0.15) is 5.10 Å². The van der Waals surface area contributed by atoms with E-state index in [9.17, 15) is 0 Å². The first-order valence-corrected chi connectivity index (χ1v) is 7.82. The first-order chi connectivity index (χ1) is 10.7. The summed E-state index contributed by atoms with van der Waals surface area (Å²) >= 11 is 0. The number of aromatic nitrogens is 2. The molecule has 1 saturated heterocycles. The topological polar surface area (TPSA) is 42.3 Å². The molecule has 1 N–H and O–H groups in total.